The Hall–Kier alpha value is -2.06. The van der Waals surface area contributed by atoms with Crippen LogP contribution in [0, 0.1) is 0 Å². The summed E-state index contributed by atoms with van der Waals surface area (Å²) in [5.74, 6) is -0.0619. The van der Waals surface area contributed by atoms with Crippen LogP contribution in [0.4, 0.5) is 5.69 Å². The van der Waals surface area contributed by atoms with Crippen molar-refractivity contribution in [2.24, 2.45) is 0 Å². The van der Waals surface area contributed by atoms with E-state index in [9.17, 15) is 4.79 Å². The third kappa shape index (κ3) is 2.40. The topological polar surface area (TPSA) is 29.1 Å². The molecule has 2 aromatic rings. The van der Waals surface area contributed by atoms with E-state index in [2.05, 4.69) is 5.32 Å². The molecule has 19 heavy (non-hydrogen) atoms. The van der Waals surface area contributed by atoms with E-state index >= 15 is 0 Å². The molecule has 1 heterocycles. The Bertz CT molecular complexity index is 662. The monoisotopic (exact) mass is 269 g/mol. The van der Waals surface area contributed by atoms with Crippen LogP contribution < -0.4 is 5.32 Å². The van der Waals surface area contributed by atoms with Crippen molar-refractivity contribution in [1.82, 2.24) is 0 Å². The first-order valence-electron chi connectivity index (χ1n) is 6.09. The number of allylic oxidation sites excluding steroid dienone is 1. The van der Waals surface area contributed by atoms with Crippen molar-refractivity contribution >= 4 is 28.8 Å². The zero-order chi connectivity index (χ0) is 13.2. The summed E-state index contributed by atoms with van der Waals surface area (Å²) < 4.78 is 0. The quantitative estimate of drug-likeness (QED) is 0.823. The molecule has 0 saturated carbocycles. The lowest BCUT2D eigenvalue weighted by atomic mass is 10.0. The van der Waals surface area contributed by atoms with E-state index in [4.69, 9.17) is 11.6 Å². The molecule has 2 aromatic carbocycles. The van der Waals surface area contributed by atoms with Crippen LogP contribution in [-0.2, 0) is 11.2 Å². The summed E-state index contributed by atoms with van der Waals surface area (Å²) in [6.07, 6.45) is 2.70. The molecule has 1 amide bonds. The number of fused-ring (bicyclic) bond motifs is 1. The Morgan fingerprint density at radius 1 is 1.11 bits per heavy atom. The number of hydrogen-bond donors (Lipinski definition) is 1. The molecule has 0 aromatic heterocycles. The van der Waals surface area contributed by atoms with Gasteiger partial charge in [0.25, 0.3) is 5.91 Å². The summed E-state index contributed by atoms with van der Waals surface area (Å²) in [6, 6.07) is 15.5. The zero-order valence-electron chi connectivity index (χ0n) is 10.2. The fourth-order valence-corrected chi connectivity index (χ4v) is 2.38. The van der Waals surface area contributed by atoms with Crippen LogP contribution in [0.2, 0.25) is 5.02 Å². The van der Waals surface area contributed by atoms with E-state index < -0.39 is 0 Å². The molecule has 2 nitrogen and oxygen atoms in total. The van der Waals surface area contributed by atoms with Crippen LogP contribution >= 0.6 is 11.6 Å². The molecule has 0 atom stereocenters. The first-order chi connectivity index (χ1) is 9.24. The van der Waals surface area contributed by atoms with Gasteiger partial charge in [-0.2, -0.15) is 0 Å². The predicted molar refractivity (Wildman–Crippen MR) is 78.2 cm³/mol. The van der Waals surface area contributed by atoms with Crippen LogP contribution in [0.25, 0.3) is 5.57 Å². The summed E-state index contributed by atoms with van der Waals surface area (Å²) in [7, 11) is 0. The van der Waals surface area contributed by atoms with Crippen LogP contribution in [-0.4, -0.2) is 5.91 Å². The lowest BCUT2D eigenvalue weighted by molar-refractivity contribution is -0.110. The van der Waals surface area contributed by atoms with E-state index in [0.717, 1.165) is 23.2 Å². The van der Waals surface area contributed by atoms with Gasteiger partial charge < -0.3 is 5.32 Å². The molecule has 0 saturated heterocycles. The standard InChI is InChI=1S/C16H12ClNO/c17-12-7-9-13-14(16(19)18-15(13)10-12)8-6-11-4-2-1-3-5-11/h1-5,7-10H,6H2,(H,18,19)/b14-8+. The third-order valence-electron chi connectivity index (χ3n) is 3.15. The van der Waals surface area contributed by atoms with Crippen molar-refractivity contribution in [3.63, 3.8) is 0 Å². The lowest BCUT2D eigenvalue weighted by Crippen LogP contribution is -2.03. The minimum Gasteiger partial charge on any atom is -0.321 e. The lowest BCUT2D eigenvalue weighted by Gasteiger charge is -1.99. The summed E-state index contributed by atoms with van der Waals surface area (Å²) >= 11 is 5.92. The number of carbonyl (C=O) groups is 1. The van der Waals surface area contributed by atoms with Crippen molar-refractivity contribution in [3.8, 4) is 0 Å². The second-order valence-electron chi connectivity index (χ2n) is 4.45. The summed E-state index contributed by atoms with van der Waals surface area (Å²) in [5.41, 5.74) is 3.61. The van der Waals surface area contributed by atoms with Crippen LogP contribution in [0.3, 0.4) is 0 Å². The number of nitrogens with one attached hydrogen (secondary N) is 1. The number of anilines is 1. The maximum absolute atomic E-state index is 11.9. The summed E-state index contributed by atoms with van der Waals surface area (Å²) in [4.78, 5) is 11.9. The summed E-state index contributed by atoms with van der Waals surface area (Å²) in [5, 5.41) is 3.46. The number of carbonyl (C=O) groups excluding carboxylic acids is 1. The minimum absolute atomic E-state index is 0.0619. The average Bonchev–Trinajstić information content (AvgIpc) is 2.72. The van der Waals surface area contributed by atoms with Crippen LogP contribution in [0.1, 0.15) is 11.1 Å². The van der Waals surface area contributed by atoms with Gasteiger partial charge in [-0.3, -0.25) is 4.79 Å². The second-order valence-corrected chi connectivity index (χ2v) is 4.89. The molecular formula is C16H12ClNO. The highest BCUT2D eigenvalue weighted by Crippen LogP contribution is 2.33. The summed E-state index contributed by atoms with van der Waals surface area (Å²) in [6.45, 7) is 0. The van der Waals surface area contributed by atoms with Crippen molar-refractivity contribution in [3.05, 3.63) is 70.8 Å². The molecule has 0 bridgehead atoms. The maximum Gasteiger partial charge on any atom is 0.256 e. The van der Waals surface area contributed by atoms with Gasteiger partial charge in [0.15, 0.2) is 0 Å². The first-order valence-corrected chi connectivity index (χ1v) is 6.47. The SMILES string of the molecule is O=C1Nc2cc(Cl)ccc2/C1=C\Cc1ccccc1. The number of rotatable bonds is 2. The molecule has 0 radical (unpaired) electrons. The molecule has 94 valence electrons. The van der Waals surface area contributed by atoms with Gasteiger partial charge in [-0.15, -0.1) is 0 Å². The Morgan fingerprint density at radius 3 is 2.68 bits per heavy atom. The van der Waals surface area contributed by atoms with Gasteiger partial charge >= 0.3 is 0 Å². The minimum atomic E-state index is -0.0619. The Morgan fingerprint density at radius 2 is 1.89 bits per heavy atom. The third-order valence-corrected chi connectivity index (χ3v) is 3.38. The fraction of sp³-hybridized carbons (Fsp3) is 0.0625. The van der Waals surface area contributed by atoms with Crippen LogP contribution in [0.5, 0.6) is 0 Å². The number of halogens is 1. The van der Waals surface area contributed by atoms with Gasteiger partial charge in [-0.05, 0) is 24.1 Å². The fourth-order valence-electron chi connectivity index (χ4n) is 2.20. The highest BCUT2D eigenvalue weighted by molar-refractivity contribution is 6.34. The van der Waals surface area contributed by atoms with Crippen LogP contribution in [0.15, 0.2) is 54.6 Å². The number of hydrogen-bond acceptors (Lipinski definition) is 1. The normalized spacial score (nSPS) is 15.4. The smallest absolute Gasteiger partial charge is 0.256 e. The van der Waals surface area contributed by atoms with Gasteiger partial charge in [-0.1, -0.05) is 54.1 Å². The average molecular weight is 270 g/mol. The van der Waals surface area contributed by atoms with Crippen molar-refractivity contribution in [1.29, 1.82) is 0 Å². The molecule has 1 aliphatic rings. The van der Waals surface area contributed by atoms with Gasteiger partial charge in [0.05, 0.1) is 5.69 Å². The highest BCUT2D eigenvalue weighted by Gasteiger charge is 2.23. The van der Waals surface area contributed by atoms with Crippen molar-refractivity contribution in [2.45, 2.75) is 6.42 Å². The van der Waals surface area contributed by atoms with E-state index in [1.54, 1.807) is 12.1 Å². The molecule has 0 aliphatic carbocycles. The molecule has 0 unspecified atom stereocenters. The first kappa shape index (κ1) is 12.0. The molecule has 0 spiro atoms. The number of benzene rings is 2. The van der Waals surface area contributed by atoms with Gasteiger partial charge in [0, 0.05) is 16.2 Å². The largest absolute Gasteiger partial charge is 0.321 e. The van der Waals surface area contributed by atoms with Gasteiger partial charge in [-0.25, -0.2) is 0 Å². The Labute approximate surface area is 116 Å². The molecule has 3 heteroatoms. The van der Waals surface area contributed by atoms with E-state index in [1.807, 2.05) is 42.5 Å². The van der Waals surface area contributed by atoms with Gasteiger partial charge in [0.2, 0.25) is 0 Å². The van der Waals surface area contributed by atoms with Crippen molar-refractivity contribution in [2.75, 3.05) is 5.32 Å². The predicted octanol–water partition coefficient (Wildman–Crippen LogP) is 3.92. The number of amides is 1. The second kappa shape index (κ2) is 4.90. The Balaban J connectivity index is 1.92. The van der Waals surface area contributed by atoms with E-state index in [1.165, 1.54) is 5.56 Å². The maximum atomic E-state index is 11.9. The van der Waals surface area contributed by atoms with E-state index in [0.29, 0.717) is 5.02 Å². The van der Waals surface area contributed by atoms with Gasteiger partial charge in [0.1, 0.15) is 0 Å². The molecule has 1 N–H and O–H groups in total. The zero-order valence-corrected chi connectivity index (χ0v) is 10.9. The van der Waals surface area contributed by atoms with Crippen molar-refractivity contribution < 1.29 is 4.79 Å². The molecular weight excluding hydrogens is 258 g/mol. The molecule has 0 fully saturated rings. The van der Waals surface area contributed by atoms with E-state index in [-0.39, 0.29) is 5.91 Å². The highest BCUT2D eigenvalue weighted by atomic mass is 35.5. The molecule has 1 aliphatic heterocycles. The molecule has 3 rings (SSSR count). The Kier molecular flexibility index (Phi) is 3.10.